The van der Waals surface area contributed by atoms with Crippen LogP contribution < -0.4 is 4.90 Å². The number of alkyl halides is 2. The van der Waals surface area contributed by atoms with Crippen LogP contribution in [0.4, 0.5) is 14.6 Å². The second kappa shape index (κ2) is 6.34. The van der Waals surface area contributed by atoms with E-state index >= 15 is 0 Å². The van der Waals surface area contributed by atoms with Gasteiger partial charge in [0.05, 0.1) is 11.9 Å². The van der Waals surface area contributed by atoms with Gasteiger partial charge in [-0.15, -0.1) is 0 Å². The van der Waals surface area contributed by atoms with Crippen LogP contribution in [0.3, 0.4) is 0 Å². The Hall–Kier alpha value is -2.64. The van der Waals surface area contributed by atoms with E-state index in [2.05, 4.69) is 31.9 Å². The molecule has 4 rings (SSSR count). The van der Waals surface area contributed by atoms with Crippen molar-refractivity contribution in [2.45, 2.75) is 38.7 Å². The molecule has 8 heteroatoms. The van der Waals surface area contributed by atoms with E-state index < -0.39 is 6.43 Å². The predicted octanol–water partition coefficient (Wildman–Crippen LogP) is 3.50. The van der Waals surface area contributed by atoms with Gasteiger partial charge in [-0.2, -0.15) is 5.10 Å². The van der Waals surface area contributed by atoms with E-state index in [0.717, 1.165) is 25.2 Å². The highest BCUT2D eigenvalue weighted by Crippen LogP contribution is 2.26. The van der Waals surface area contributed by atoms with Crippen molar-refractivity contribution in [3.05, 3.63) is 36.4 Å². The number of halogens is 2. The summed E-state index contributed by atoms with van der Waals surface area (Å²) >= 11 is 0. The molecule has 3 aromatic rings. The van der Waals surface area contributed by atoms with Gasteiger partial charge in [-0.05, 0) is 38.3 Å². The third kappa shape index (κ3) is 2.92. The van der Waals surface area contributed by atoms with Crippen LogP contribution in [0.5, 0.6) is 0 Å². The van der Waals surface area contributed by atoms with Crippen molar-refractivity contribution >= 4 is 11.5 Å². The average molecular weight is 344 g/mol. The first-order valence-electron chi connectivity index (χ1n) is 8.35. The van der Waals surface area contributed by atoms with E-state index in [9.17, 15) is 8.78 Å². The van der Waals surface area contributed by atoms with Gasteiger partial charge in [0.2, 0.25) is 0 Å². The molecule has 0 aliphatic carbocycles. The van der Waals surface area contributed by atoms with Crippen LogP contribution in [-0.2, 0) is 0 Å². The van der Waals surface area contributed by atoms with Crippen LogP contribution in [0.15, 0.2) is 30.7 Å². The summed E-state index contributed by atoms with van der Waals surface area (Å²) in [7, 11) is 0. The Morgan fingerprint density at radius 2 is 2.04 bits per heavy atom. The fourth-order valence-corrected chi connectivity index (χ4v) is 3.26. The third-order valence-corrected chi connectivity index (χ3v) is 4.62. The van der Waals surface area contributed by atoms with Gasteiger partial charge in [-0.1, -0.05) is 0 Å². The number of hydrogen-bond acceptors (Lipinski definition) is 5. The Morgan fingerprint density at radius 3 is 2.84 bits per heavy atom. The average Bonchev–Trinajstić information content (AvgIpc) is 3.05. The number of anilines is 1. The molecule has 0 amide bonds. The first-order valence-corrected chi connectivity index (χ1v) is 8.35. The topological polar surface area (TPSA) is 59.2 Å². The van der Waals surface area contributed by atoms with E-state index in [1.807, 2.05) is 6.07 Å². The largest absolute Gasteiger partial charge is 0.354 e. The lowest BCUT2D eigenvalue weighted by Gasteiger charge is -2.34. The van der Waals surface area contributed by atoms with Crippen LogP contribution in [0.1, 0.15) is 38.3 Å². The molecule has 6 nitrogen and oxygen atoms in total. The molecule has 0 N–H and O–H groups in total. The van der Waals surface area contributed by atoms with E-state index in [1.165, 1.54) is 29.4 Å². The lowest BCUT2D eigenvalue weighted by molar-refractivity contribution is 0.144. The first-order chi connectivity index (χ1) is 12.1. The standard InChI is InChI=1S/C17H18F2N6/c1-11-4-2-3-7-24(11)16-8-13(21-10-22-16)14-9-20-15-6-5-12(17(18)19)23-25(14)15/h5-6,8-11,17H,2-4,7H2,1H3/t11-/m0/s1. The van der Waals surface area contributed by atoms with Crippen LogP contribution in [0.25, 0.3) is 17.0 Å². The summed E-state index contributed by atoms with van der Waals surface area (Å²) in [5.41, 5.74) is 1.41. The summed E-state index contributed by atoms with van der Waals surface area (Å²) in [5, 5.41) is 4.00. The molecule has 1 saturated heterocycles. The van der Waals surface area contributed by atoms with Gasteiger partial charge in [0.25, 0.3) is 6.43 Å². The number of hydrogen-bond donors (Lipinski definition) is 0. The fraction of sp³-hybridized carbons (Fsp3) is 0.412. The normalized spacial score (nSPS) is 18.2. The molecule has 0 unspecified atom stereocenters. The van der Waals surface area contributed by atoms with Crippen molar-refractivity contribution in [3.8, 4) is 11.4 Å². The lowest BCUT2D eigenvalue weighted by Crippen LogP contribution is -2.38. The quantitative estimate of drug-likeness (QED) is 0.728. The Labute approximate surface area is 143 Å². The van der Waals surface area contributed by atoms with E-state index in [1.54, 1.807) is 6.20 Å². The van der Waals surface area contributed by atoms with Gasteiger partial charge >= 0.3 is 0 Å². The van der Waals surface area contributed by atoms with Gasteiger partial charge < -0.3 is 4.90 Å². The molecule has 1 aliphatic heterocycles. The number of aromatic nitrogens is 5. The lowest BCUT2D eigenvalue weighted by atomic mass is 10.0. The van der Waals surface area contributed by atoms with Gasteiger partial charge in [0.15, 0.2) is 5.65 Å². The fourth-order valence-electron chi connectivity index (χ4n) is 3.26. The summed E-state index contributed by atoms with van der Waals surface area (Å²) in [6.07, 6.45) is 3.97. The van der Waals surface area contributed by atoms with Crippen LogP contribution in [-0.4, -0.2) is 37.2 Å². The minimum absolute atomic E-state index is 0.286. The molecule has 0 aromatic carbocycles. The molecule has 1 atom stereocenters. The Bertz CT molecular complexity index is 894. The zero-order valence-electron chi connectivity index (χ0n) is 13.8. The summed E-state index contributed by atoms with van der Waals surface area (Å²) in [4.78, 5) is 15.2. The van der Waals surface area contributed by atoms with Gasteiger partial charge in [-0.3, -0.25) is 0 Å². The molecule has 130 valence electrons. The number of piperidine rings is 1. The second-order valence-electron chi connectivity index (χ2n) is 6.27. The molecule has 1 aliphatic rings. The van der Waals surface area contributed by atoms with Crippen molar-refractivity contribution in [3.63, 3.8) is 0 Å². The number of rotatable bonds is 3. The Balaban J connectivity index is 1.76. The summed E-state index contributed by atoms with van der Waals surface area (Å²) < 4.78 is 27.3. The van der Waals surface area contributed by atoms with Crippen LogP contribution in [0.2, 0.25) is 0 Å². The molecule has 25 heavy (non-hydrogen) atoms. The smallest absolute Gasteiger partial charge is 0.282 e. The SMILES string of the molecule is C[C@H]1CCCCN1c1cc(-c2cnc3ccc(C(F)F)nn23)ncn1. The second-order valence-corrected chi connectivity index (χ2v) is 6.27. The van der Waals surface area contributed by atoms with Crippen molar-refractivity contribution in [2.75, 3.05) is 11.4 Å². The maximum atomic E-state index is 13.0. The molecular weight excluding hydrogens is 326 g/mol. The molecular formula is C17H18F2N6. The molecule has 0 radical (unpaired) electrons. The molecule has 0 bridgehead atoms. The van der Waals surface area contributed by atoms with Gasteiger partial charge in [0.1, 0.15) is 23.5 Å². The maximum Gasteiger partial charge on any atom is 0.282 e. The highest BCUT2D eigenvalue weighted by atomic mass is 19.3. The molecule has 4 heterocycles. The highest BCUT2D eigenvalue weighted by molar-refractivity contribution is 5.62. The van der Waals surface area contributed by atoms with Crippen LogP contribution in [0, 0.1) is 0 Å². The molecule has 0 saturated carbocycles. The van der Waals surface area contributed by atoms with Gasteiger partial charge in [0, 0.05) is 18.7 Å². The van der Waals surface area contributed by atoms with E-state index in [-0.39, 0.29) is 5.69 Å². The molecule has 3 aromatic heterocycles. The van der Waals surface area contributed by atoms with Crippen molar-refractivity contribution in [1.29, 1.82) is 0 Å². The number of imidazole rings is 1. The maximum absolute atomic E-state index is 13.0. The van der Waals surface area contributed by atoms with E-state index in [4.69, 9.17) is 0 Å². The predicted molar refractivity (Wildman–Crippen MR) is 89.6 cm³/mol. The Morgan fingerprint density at radius 1 is 1.16 bits per heavy atom. The van der Waals surface area contributed by atoms with Crippen LogP contribution >= 0.6 is 0 Å². The first kappa shape index (κ1) is 15.9. The molecule has 0 spiro atoms. The third-order valence-electron chi connectivity index (χ3n) is 4.62. The molecule has 1 fully saturated rings. The van der Waals surface area contributed by atoms with Crippen molar-refractivity contribution in [2.24, 2.45) is 0 Å². The van der Waals surface area contributed by atoms with Gasteiger partial charge in [-0.25, -0.2) is 28.2 Å². The zero-order valence-corrected chi connectivity index (χ0v) is 13.8. The number of nitrogens with zero attached hydrogens (tertiary/aromatic N) is 6. The zero-order chi connectivity index (χ0) is 17.4. The summed E-state index contributed by atoms with van der Waals surface area (Å²) in [6.45, 7) is 3.14. The minimum atomic E-state index is -2.63. The number of fused-ring (bicyclic) bond motifs is 1. The summed E-state index contributed by atoms with van der Waals surface area (Å²) in [6, 6.07) is 5.12. The Kier molecular flexibility index (Phi) is 4.03. The van der Waals surface area contributed by atoms with Crippen molar-refractivity contribution < 1.29 is 8.78 Å². The highest BCUT2D eigenvalue weighted by Gasteiger charge is 2.21. The van der Waals surface area contributed by atoms with E-state index in [0.29, 0.717) is 23.1 Å². The van der Waals surface area contributed by atoms with Crippen molar-refractivity contribution in [1.82, 2.24) is 24.6 Å². The minimum Gasteiger partial charge on any atom is -0.354 e. The monoisotopic (exact) mass is 344 g/mol. The summed E-state index contributed by atoms with van der Waals surface area (Å²) in [5.74, 6) is 0.845.